The molecule has 1 atom stereocenters. The smallest absolute Gasteiger partial charge is 0.158 e. The number of aromatic nitrogens is 3. The number of benzene rings is 4. The van der Waals surface area contributed by atoms with E-state index in [4.69, 9.17) is 9.84 Å². The van der Waals surface area contributed by atoms with Crippen LogP contribution < -0.4 is 0 Å². The summed E-state index contributed by atoms with van der Waals surface area (Å²) < 4.78 is 7.96. The van der Waals surface area contributed by atoms with Crippen LogP contribution in [0.2, 0.25) is 0 Å². The number of hydrogen-bond donors (Lipinski definition) is 0. The Labute approximate surface area is 239 Å². The second-order valence-corrected chi connectivity index (χ2v) is 11.0. The van der Waals surface area contributed by atoms with Crippen LogP contribution in [-0.4, -0.2) is 27.1 Å². The molecule has 0 aliphatic carbocycles. The van der Waals surface area contributed by atoms with Gasteiger partial charge in [-0.25, -0.2) is 9.67 Å². The number of hydrogen-bond acceptors (Lipinski definition) is 4. The third-order valence-electron chi connectivity index (χ3n) is 7.16. The van der Waals surface area contributed by atoms with E-state index in [9.17, 15) is 0 Å². The Morgan fingerprint density at radius 3 is 1.80 bits per heavy atom. The van der Waals surface area contributed by atoms with E-state index in [1.165, 1.54) is 16.7 Å². The van der Waals surface area contributed by atoms with Gasteiger partial charge in [0.25, 0.3) is 0 Å². The molecule has 0 radical (unpaired) electrons. The van der Waals surface area contributed by atoms with Crippen LogP contribution in [-0.2, 0) is 16.1 Å². The van der Waals surface area contributed by atoms with Crippen molar-refractivity contribution in [1.82, 2.24) is 14.8 Å². The monoisotopic (exact) mass is 541 g/mol. The van der Waals surface area contributed by atoms with Crippen molar-refractivity contribution in [2.24, 2.45) is 0 Å². The first-order chi connectivity index (χ1) is 19.8. The van der Waals surface area contributed by atoms with E-state index in [1.54, 1.807) is 0 Å². The molecule has 40 heavy (non-hydrogen) atoms. The van der Waals surface area contributed by atoms with Crippen LogP contribution in [0.15, 0.2) is 146 Å². The van der Waals surface area contributed by atoms with Gasteiger partial charge in [-0.05, 0) is 34.4 Å². The first-order valence-electron chi connectivity index (χ1n) is 13.5. The maximum absolute atomic E-state index is 6.33. The predicted molar refractivity (Wildman–Crippen MR) is 164 cm³/mol. The summed E-state index contributed by atoms with van der Waals surface area (Å²) in [5.41, 5.74) is 5.75. The van der Waals surface area contributed by atoms with Crippen molar-refractivity contribution in [3.63, 3.8) is 0 Å². The third kappa shape index (κ3) is 5.44. The molecule has 4 aromatic carbocycles. The minimum Gasteiger partial charge on any atom is -0.375 e. The summed E-state index contributed by atoms with van der Waals surface area (Å²) in [6.45, 7) is 1.07. The van der Waals surface area contributed by atoms with E-state index in [-0.39, 0.29) is 6.04 Å². The molecule has 1 unspecified atom stereocenters. The molecule has 198 valence electrons. The van der Waals surface area contributed by atoms with E-state index in [0.717, 1.165) is 22.3 Å². The average Bonchev–Trinajstić information content (AvgIpc) is 3.47. The maximum Gasteiger partial charge on any atom is 0.158 e. The Morgan fingerprint density at radius 1 is 0.675 bits per heavy atom. The van der Waals surface area contributed by atoms with Gasteiger partial charge in [-0.15, -0.1) is 11.8 Å². The summed E-state index contributed by atoms with van der Waals surface area (Å²) >= 11 is 1.92. The molecule has 0 aliphatic heterocycles. The van der Waals surface area contributed by atoms with Crippen molar-refractivity contribution >= 4 is 22.8 Å². The normalized spacial score (nSPS) is 12.4. The van der Waals surface area contributed by atoms with Crippen LogP contribution in [0.1, 0.15) is 28.3 Å². The minimum absolute atomic E-state index is 0.0309. The highest BCUT2D eigenvalue weighted by Crippen LogP contribution is 2.49. The largest absolute Gasteiger partial charge is 0.375 e. The predicted octanol–water partition coefficient (Wildman–Crippen LogP) is 7.91. The molecule has 0 saturated heterocycles. The molecule has 4 nitrogen and oxygen atoms in total. The Balaban J connectivity index is 1.39. The lowest BCUT2D eigenvalue weighted by Gasteiger charge is -2.36. The highest BCUT2D eigenvalue weighted by molar-refractivity contribution is 8.00. The number of thioether (sulfide) groups is 1. The van der Waals surface area contributed by atoms with Gasteiger partial charge in [-0.2, -0.15) is 5.10 Å². The zero-order valence-electron chi connectivity index (χ0n) is 22.2. The molecule has 0 spiro atoms. The number of rotatable bonds is 11. The van der Waals surface area contributed by atoms with Crippen molar-refractivity contribution in [3.8, 4) is 0 Å². The van der Waals surface area contributed by atoms with Crippen molar-refractivity contribution in [1.29, 1.82) is 0 Å². The van der Waals surface area contributed by atoms with Crippen molar-refractivity contribution < 1.29 is 4.74 Å². The zero-order valence-corrected chi connectivity index (χ0v) is 23.0. The lowest BCUT2D eigenvalue weighted by atomic mass is 9.84. The summed E-state index contributed by atoms with van der Waals surface area (Å²) in [6, 6.07) is 46.7. The van der Waals surface area contributed by atoms with E-state index < -0.39 is 4.75 Å². The van der Waals surface area contributed by atoms with E-state index >= 15 is 0 Å². The topological polar surface area (TPSA) is 39.9 Å². The lowest BCUT2D eigenvalue weighted by molar-refractivity contribution is 0.0937. The van der Waals surface area contributed by atoms with E-state index in [0.29, 0.717) is 13.2 Å². The van der Waals surface area contributed by atoms with Crippen LogP contribution in [0.3, 0.4) is 0 Å². The van der Waals surface area contributed by atoms with Crippen molar-refractivity contribution in [3.05, 3.63) is 168 Å². The molecule has 0 N–H and O–H groups in total. The molecule has 6 rings (SSSR count). The van der Waals surface area contributed by atoms with E-state index in [1.807, 2.05) is 53.1 Å². The van der Waals surface area contributed by atoms with Crippen LogP contribution in [0.4, 0.5) is 0 Å². The molecule has 0 amide bonds. The van der Waals surface area contributed by atoms with Gasteiger partial charge in [-0.3, -0.25) is 0 Å². The van der Waals surface area contributed by atoms with Crippen LogP contribution in [0.25, 0.3) is 11.0 Å². The molecular weight excluding hydrogens is 510 g/mol. The highest BCUT2D eigenvalue weighted by Gasteiger charge is 2.38. The molecule has 2 heterocycles. The van der Waals surface area contributed by atoms with Gasteiger partial charge in [0.1, 0.15) is 0 Å². The standard InChI is InChI=1S/C35H31N3OS/c1-5-14-28(15-6-1)25-39-26-33(38-34-29(24-37-38)16-13-23-36-34)27-40-35(30-17-7-2-8-18-30,31-19-9-3-10-20-31)32-21-11-4-12-22-32/h1-24,33H,25-27H2. The van der Waals surface area contributed by atoms with E-state index in [2.05, 4.69) is 114 Å². The summed E-state index contributed by atoms with van der Waals surface area (Å²) in [7, 11) is 0. The molecule has 0 aliphatic rings. The van der Waals surface area contributed by atoms with Gasteiger partial charge in [0.15, 0.2) is 5.65 Å². The Bertz CT molecular complexity index is 1530. The van der Waals surface area contributed by atoms with Gasteiger partial charge in [0.05, 0.1) is 30.2 Å². The molecule has 6 aromatic rings. The van der Waals surface area contributed by atoms with Gasteiger partial charge >= 0.3 is 0 Å². The second kappa shape index (κ2) is 12.3. The molecule has 0 saturated carbocycles. The van der Waals surface area contributed by atoms with Gasteiger partial charge in [0, 0.05) is 17.3 Å². The first kappa shape index (κ1) is 26.1. The molecule has 0 fully saturated rings. The van der Waals surface area contributed by atoms with Crippen LogP contribution in [0, 0.1) is 0 Å². The van der Waals surface area contributed by atoms with Crippen molar-refractivity contribution in [2.45, 2.75) is 17.4 Å². The highest BCUT2D eigenvalue weighted by atomic mass is 32.2. The summed E-state index contributed by atoms with van der Waals surface area (Å²) in [5.74, 6) is 0.765. The number of pyridine rings is 1. The quantitative estimate of drug-likeness (QED) is 0.156. The van der Waals surface area contributed by atoms with Crippen LogP contribution in [0.5, 0.6) is 0 Å². The van der Waals surface area contributed by atoms with Gasteiger partial charge in [0.2, 0.25) is 0 Å². The fourth-order valence-corrected chi connectivity index (χ4v) is 6.80. The Kier molecular flexibility index (Phi) is 8.03. The average molecular weight is 542 g/mol. The maximum atomic E-state index is 6.33. The number of fused-ring (bicyclic) bond motifs is 1. The summed E-state index contributed by atoms with van der Waals surface area (Å²) in [4.78, 5) is 4.68. The SMILES string of the molecule is c1ccc(COCC(CSC(c2ccccc2)(c2ccccc2)c2ccccc2)n2ncc3cccnc32)cc1. The third-order valence-corrected chi connectivity index (χ3v) is 8.85. The van der Waals surface area contributed by atoms with Gasteiger partial charge in [-0.1, -0.05) is 121 Å². The molecule has 5 heteroatoms. The summed E-state index contributed by atoms with van der Waals surface area (Å²) in [5, 5.41) is 5.83. The fraction of sp³-hybridized carbons (Fsp3) is 0.143. The first-order valence-corrected chi connectivity index (χ1v) is 14.5. The lowest BCUT2D eigenvalue weighted by Crippen LogP contribution is -2.29. The fourth-order valence-electron chi connectivity index (χ4n) is 5.21. The molecule has 2 aromatic heterocycles. The second-order valence-electron chi connectivity index (χ2n) is 9.75. The minimum atomic E-state index is -0.419. The Morgan fingerprint density at radius 2 is 1.23 bits per heavy atom. The van der Waals surface area contributed by atoms with Crippen LogP contribution >= 0.6 is 11.8 Å². The van der Waals surface area contributed by atoms with Crippen molar-refractivity contribution in [2.75, 3.05) is 12.4 Å². The molecule has 0 bridgehead atoms. The molecular formula is C35H31N3OS. The Hall–Kier alpha value is -4.19. The number of ether oxygens (including phenoxy) is 1. The van der Waals surface area contributed by atoms with Gasteiger partial charge < -0.3 is 4.74 Å². The zero-order chi connectivity index (χ0) is 27.0. The number of nitrogens with zero attached hydrogens (tertiary/aromatic N) is 3. The summed E-state index contributed by atoms with van der Waals surface area (Å²) in [6.07, 6.45) is 3.73.